The maximum atomic E-state index is 10.8. The molecule has 4 aromatic rings. The van der Waals surface area contributed by atoms with Crippen molar-refractivity contribution < 1.29 is 4.92 Å². The van der Waals surface area contributed by atoms with Crippen molar-refractivity contribution in [3.63, 3.8) is 0 Å². The topological polar surface area (TPSA) is 71.8 Å². The molecule has 0 atom stereocenters. The Hall–Kier alpha value is -2.25. The summed E-state index contributed by atoms with van der Waals surface area (Å²) in [5.74, 6) is 0. The number of aromatic amines is 1. The van der Waals surface area contributed by atoms with Crippen molar-refractivity contribution in [2.24, 2.45) is 0 Å². The van der Waals surface area contributed by atoms with Gasteiger partial charge < -0.3 is 4.98 Å². The number of halogens is 2. The molecule has 1 N–H and O–H groups in total. The van der Waals surface area contributed by atoms with Gasteiger partial charge in [0.25, 0.3) is 5.69 Å². The first-order chi connectivity index (χ1) is 11.5. The lowest BCUT2D eigenvalue weighted by atomic mass is 10.1. The summed E-state index contributed by atoms with van der Waals surface area (Å²) >= 11 is 6.96. The predicted molar refractivity (Wildman–Crippen MR) is 101 cm³/mol. The zero-order valence-corrected chi connectivity index (χ0v) is 15.3. The van der Waals surface area contributed by atoms with Crippen molar-refractivity contribution in [3.8, 4) is 11.3 Å². The highest BCUT2D eigenvalue weighted by Crippen LogP contribution is 2.35. The molecule has 5 nitrogen and oxygen atoms in total. The molecular formula is C17H9Br2N3O2. The van der Waals surface area contributed by atoms with Crippen LogP contribution in [0.1, 0.15) is 0 Å². The number of nitrogens with zero attached hydrogens (tertiary/aromatic N) is 2. The van der Waals surface area contributed by atoms with Gasteiger partial charge in [0, 0.05) is 38.5 Å². The number of pyridine rings is 1. The third-order valence-electron chi connectivity index (χ3n) is 3.87. The molecule has 0 aliphatic carbocycles. The van der Waals surface area contributed by atoms with Gasteiger partial charge in [-0.3, -0.25) is 10.1 Å². The number of non-ortho nitro benzene ring substituents is 1. The van der Waals surface area contributed by atoms with E-state index in [1.165, 1.54) is 12.1 Å². The average Bonchev–Trinajstić information content (AvgIpc) is 2.92. The number of hydrogen-bond donors (Lipinski definition) is 1. The number of H-pyrrole nitrogens is 1. The van der Waals surface area contributed by atoms with Crippen LogP contribution in [0.15, 0.2) is 57.6 Å². The first-order valence-electron chi connectivity index (χ1n) is 7.05. The SMILES string of the molecule is O=[N+]([O-])c1ccc(-c2nc(Br)cc3c2[nH]c2ccc(Br)cc23)cc1. The molecule has 0 unspecified atom stereocenters. The minimum atomic E-state index is -0.409. The Balaban J connectivity index is 2.01. The Morgan fingerprint density at radius 1 is 1.00 bits per heavy atom. The van der Waals surface area contributed by atoms with Gasteiger partial charge in [-0.25, -0.2) is 4.98 Å². The van der Waals surface area contributed by atoms with Gasteiger partial charge in [0.05, 0.1) is 16.1 Å². The maximum Gasteiger partial charge on any atom is 0.269 e. The fourth-order valence-corrected chi connectivity index (χ4v) is 3.55. The fourth-order valence-electron chi connectivity index (χ4n) is 2.79. The van der Waals surface area contributed by atoms with Crippen LogP contribution in [0, 0.1) is 10.1 Å². The molecule has 0 amide bonds. The molecule has 0 aliphatic rings. The lowest BCUT2D eigenvalue weighted by Gasteiger charge is -2.04. The first kappa shape index (κ1) is 15.3. The summed E-state index contributed by atoms with van der Waals surface area (Å²) in [5.41, 5.74) is 3.54. The molecule has 0 aliphatic heterocycles. The molecule has 24 heavy (non-hydrogen) atoms. The van der Waals surface area contributed by atoms with Gasteiger partial charge in [-0.05, 0) is 52.3 Å². The molecule has 0 saturated carbocycles. The Kier molecular flexibility index (Phi) is 3.62. The molecule has 0 bridgehead atoms. The number of nitro groups is 1. The van der Waals surface area contributed by atoms with Gasteiger partial charge in [0.15, 0.2) is 0 Å². The highest BCUT2D eigenvalue weighted by atomic mass is 79.9. The summed E-state index contributed by atoms with van der Waals surface area (Å²) in [4.78, 5) is 18.4. The normalized spacial score (nSPS) is 11.2. The summed E-state index contributed by atoms with van der Waals surface area (Å²) in [6, 6.07) is 14.4. The van der Waals surface area contributed by atoms with Crippen LogP contribution in [-0.4, -0.2) is 14.9 Å². The fraction of sp³-hybridized carbons (Fsp3) is 0. The van der Waals surface area contributed by atoms with E-state index >= 15 is 0 Å². The van der Waals surface area contributed by atoms with Gasteiger partial charge in [0.1, 0.15) is 4.60 Å². The van der Waals surface area contributed by atoms with E-state index in [1.54, 1.807) is 12.1 Å². The van der Waals surface area contributed by atoms with Crippen molar-refractivity contribution in [2.75, 3.05) is 0 Å². The second-order valence-electron chi connectivity index (χ2n) is 5.34. The van der Waals surface area contributed by atoms with E-state index in [9.17, 15) is 10.1 Å². The zero-order valence-electron chi connectivity index (χ0n) is 12.1. The molecule has 0 saturated heterocycles. The van der Waals surface area contributed by atoms with Crippen LogP contribution in [-0.2, 0) is 0 Å². The van der Waals surface area contributed by atoms with Gasteiger partial charge >= 0.3 is 0 Å². The number of hydrogen-bond acceptors (Lipinski definition) is 3. The van der Waals surface area contributed by atoms with E-state index in [4.69, 9.17) is 0 Å². The average molecular weight is 447 g/mol. The lowest BCUT2D eigenvalue weighted by Crippen LogP contribution is -1.90. The van der Waals surface area contributed by atoms with Crippen LogP contribution < -0.4 is 0 Å². The van der Waals surface area contributed by atoms with Gasteiger partial charge in [-0.15, -0.1) is 0 Å². The predicted octanol–water partition coefficient (Wildman–Crippen LogP) is 5.82. The second-order valence-corrected chi connectivity index (χ2v) is 7.06. The Morgan fingerprint density at radius 2 is 1.75 bits per heavy atom. The monoisotopic (exact) mass is 445 g/mol. The summed E-state index contributed by atoms with van der Waals surface area (Å²) in [7, 11) is 0. The van der Waals surface area contributed by atoms with Gasteiger partial charge in [-0.1, -0.05) is 15.9 Å². The molecule has 7 heteroatoms. The standard InChI is InChI=1S/C17H9Br2N3O2/c18-10-3-6-14-12(7-10)13-8-15(19)21-16(17(13)20-14)9-1-4-11(5-2-9)22(23)24/h1-8,20H. The summed E-state index contributed by atoms with van der Waals surface area (Å²) in [6.07, 6.45) is 0. The third kappa shape index (κ3) is 2.50. The molecule has 2 aromatic carbocycles. The van der Waals surface area contributed by atoms with E-state index < -0.39 is 4.92 Å². The van der Waals surface area contributed by atoms with E-state index in [-0.39, 0.29) is 5.69 Å². The third-order valence-corrected chi connectivity index (χ3v) is 4.77. The van der Waals surface area contributed by atoms with Crippen LogP contribution in [0.5, 0.6) is 0 Å². The summed E-state index contributed by atoms with van der Waals surface area (Å²) in [6.45, 7) is 0. The largest absolute Gasteiger partial charge is 0.353 e. The van der Waals surface area contributed by atoms with E-state index in [1.807, 2.05) is 18.2 Å². The number of nitro benzene ring substituents is 1. The lowest BCUT2D eigenvalue weighted by molar-refractivity contribution is -0.384. The molecular weight excluding hydrogens is 438 g/mol. The summed E-state index contributed by atoms with van der Waals surface area (Å²) in [5, 5.41) is 13.0. The number of aromatic nitrogens is 2. The number of nitrogens with one attached hydrogen (secondary N) is 1. The molecule has 2 heterocycles. The highest BCUT2D eigenvalue weighted by molar-refractivity contribution is 9.10. The number of benzene rings is 2. The van der Waals surface area contributed by atoms with Gasteiger partial charge in [0.2, 0.25) is 0 Å². The van der Waals surface area contributed by atoms with Crippen LogP contribution in [0.25, 0.3) is 33.1 Å². The van der Waals surface area contributed by atoms with Crippen molar-refractivity contribution in [1.82, 2.24) is 9.97 Å². The number of fused-ring (bicyclic) bond motifs is 3. The van der Waals surface area contributed by atoms with Crippen molar-refractivity contribution in [2.45, 2.75) is 0 Å². The quantitative estimate of drug-likeness (QED) is 0.239. The van der Waals surface area contributed by atoms with Crippen molar-refractivity contribution in [3.05, 3.63) is 67.7 Å². The Bertz CT molecular complexity index is 1100. The molecule has 0 spiro atoms. The number of rotatable bonds is 2. The summed E-state index contributed by atoms with van der Waals surface area (Å²) < 4.78 is 1.71. The van der Waals surface area contributed by atoms with Crippen LogP contribution in [0.4, 0.5) is 5.69 Å². The Labute approximate surface area is 153 Å². The molecule has 2 aromatic heterocycles. The Morgan fingerprint density at radius 3 is 2.46 bits per heavy atom. The molecule has 0 fully saturated rings. The van der Waals surface area contributed by atoms with E-state index in [0.717, 1.165) is 37.5 Å². The van der Waals surface area contributed by atoms with Crippen LogP contribution in [0.3, 0.4) is 0 Å². The smallest absolute Gasteiger partial charge is 0.269 e. The second kappa shape index (κ2) is 5.68. The van der Waals surface area contributed by atoms with E-state index in [2.05, 4.69) is 47.9 Å². The minimum Gasteiger partial charge on any atom is -0.353 e. The molecule has 118 valence electrons. The van der Waals surface area contributed by atoms with Crippen molar-refractivity contribution in [1.29, 1.82) is 0 Å². The van der Waals surface area contributed by atoms with Crippen molar-refractivity contribution >= 4 is 59.4 Å². The van der Waals surface area contributed by atoms with Crippen LogP contribution in [0.2, 0.25) is 0 Å². The van der Waals surface area contributed by atoms with Crippen LogP contribution >= 0.6 is 31.9 Å². The molecule has 0 radical (unpaired) electrons. The highest BCUT2D eigenvalue weighted by Gasteiger charge is 2.14. The minimum absolute atomic E-state index is 0.0607. The maximum absolute atomic E-state index is 10.8. The van der Waals surface area contributed by atoms with Gasteiger partial charge in [-0.2, -0.15) is 0 Å². The first-order valence-corrected chi connectivity index (χ1v) is 8.64. The zero-order chi connectivity index (χ0) is 16.8. The molecule has 4 rings (SSSR count). The van der Waals surface area contributed by atoms with E-state index in [0.29, 0.717) is 4.60 Å².